The molecule has 0 atom stereocenters. The maximum atomic E-state index is 9.53. The Balaban J connectivity index is 1.94. The van der Waals surface area contributed by atoms with Crippen LogP contribution in [-0.4, -0.2) is 19.9 Å². The van der Waals surface area contributed by atoms with E-state index in [1.807, 2.05) is 19.1 Å². The molecule has 1 aliphatic rings. The van der Waals surface area contributed by atoms with Crippen LogP contribution in [-0.2, 0) is 12.8 Å². The molecule has 2 aromatic rings. The van der Waals surface area contributed by atoms with Gasteiger partial charge in [0.1, 0.15) is 11.1 Å². The fraction of sp³-hybridized carbons (Fsp3) is 0.368. The minimum atomic E-state index is 0.589. The zero-order chi connectivity index (χ0) is 17.8. The lowest BCUT2D eigenvalue weighted by Crippen LogP contribution is -1.99. The van der Waals surface area contributed by atoms with Gasteiger partial charge in [-0.05, 0) is 78.5 Å². The van der Waals surface area contributed by atoms with Gasteiger partial charge in [0, 0.05) is 11.1 Å². The zero-order valence-electron chi connectivity index (χ0n) is 14.3. The van der Waals surface area contributed by atoms with Gasteiger partial charge in [-0.1, -0.05) is 0 Å². The summed E-state index contributed by atoms with van der Waals surface area (Å²) in [6.45, 7) is 2.54. The topological polar surface area (TPSA) is 54.6 Å². The Bertz CT molecular complexity index is 852. The van der Waals surface area contributed by atoms with E-state index in [0.717, 1.165) is 44.7 Å². The van der Waals surface area contributed by atoms with Crippen molar-refractivity contribution in [3.8, 4) is 17.6 Å². The van der Waals surface area contributed by atoms with Gasteiger partial charge in [-0.25, -0.2) is 4.99 Å². The molecule has 1 aliphatic carbocycles. The first-order valence-corrected chi connectivity index (χ1v) is 10.2. The molecule has 0 saturated heterocycles. The Morgan fingerprint density at radius 1 is 1.36 bits per heavy atom. The predicted molar refractivity (Wildman–Crippen MR) is 110 cm³/mol. The van der Waals surface area contributed by atoms with Gasteiger partial charge in [0.25, 0.3) is 0 Å². The van der Waals surface area contributed by atoms with Crippen molar-refractivity contribution >= 4 is 45.1 Å². The van der Waals surface area contributed by atoms with Crippen molar-refractivity contribution in [1.29, 1.82) is 5.26 Å². The van der Waals surface area contributed by atoms with Crippen molar-refractivity contribution in [3.05, 3.63) is 37.3 Å². The lowest BCUT2D eigenvalue weighted by molar-refractivity contribution is 0.308. The van der Waals surface area contributed by atoms with E-state index in [1.165, 1.54) is 16.9 Å². The fourth-order valence-corrected chi connectivity index (χ4v) is 4.95. The second-order valence-electron chi connectivity index (χ2n) is 5.73. The molecule has 0 amide bonds. The van der Waals surface area contributed by atoms with Crippen molar-refractivity contribution in [3.63, 3.8) is 0 Å². The Kier molecular flexibility index (Phi) is 5.97. The van der Waals surface area contributed by atoms with E-state index in [4.69, 9.17) is 9.47 Å². The van der Waals surface area contributed by atoms with E-state index in [2.05, 4.69) is 33.7 Å². The molecule has 0 fully saturated rings. The predicted octanol–water partition coefficient (Wildman–Crippen LogP) is 5.26. The van der Waals surface area contributed by atoms with Crippen LogP contribution in [0.15, 0.2) is 17.1 Å². The second-order valence-corrected chi connectivity index (χ2v) is 7.97. The standard InChI is InChI=1S/C19H19IN2O2S/c1-3-24-18-15(20)8-12(9-16(18)23-2)11-22-19-14(10-21)13-6-4-5-7-17(13)25-19/h8-9,11H,3-7H2,1-2H3/b22-11+. The molecular formula is C19H19IN2O2S. The summed E-state index contributed by atoms with van der Waals surface area (Å²) in [7, 11) is 1.63. The molecular weight excluding hydrogens is 447 g/mol. The van der Waals surface area contributed by atoms with Crippen molar-refractivity contribution in [2.75, 3.05) is 13.7 Å². The van der Waals surface area contributed by atoms with Crippen LogP contribution < -0.4 is 9.47 Å². The van der Waals surface area contributed by atoms with Crippen LogP contribution in [0.2, 0.25) is 0 Å². The Morgan fingerprint density at radius 3 is 2.88 bits per heavy atom. The lowest BCUT2D eigenvalue weighted by Gasteiger charge is -2.11. The number of methoxy groups -OCH3 is 1. The van der Waals surface area contributed by atoms with E-state index >= 15 is 0 Å². The van der Waals surface area contributed by atoms with Crippen molar-refractivity contribution in [2.45, 2.75) is 32.6 Å². The summed E-state index contributed by atoms with van der Waals surface area (Å²) in [4.78, 5) is 5.94. The molecule has 3 rings (SSSR count). The molecule has 0 N–H and O–H groups in total. The highest BCUT2D eigenvalue weighted by molar-refractivity contribution is 14.1. The van der Waals surface area contributed by atoms with Crippen molar-refractivity contribution < 1.29 is 9.47 Å². The number of aliphatic imine (C=N–C) groups is 1. The number of thiophene rings is 1. The first-order chi connectivity index (χ1) is 12.2. The number of rotatable bonds is 5. The van der Waals surface area contributed by atoms with Crippen LogP contribution >= 0.6 is 33.9 Å². The van der Waals surface area contributed by atoms with Crippen molar-refractivity contribution in [1.82, 2.24) is 0 Å². The van der Waals surface area contributed by atoms with Crippen LogP contribution in [0.4, 0.5) is 5.00 Å². The van der Waals surface area contributed by atoms with E-state index in [9.17, 15) is 5.26 Å². The molecule has 25 heavy (non-hydrogen) atoms. The van der Waals surface area contributed by atoms with Gasteiger partial charge in [0.05, 0.1) is 22.9 Å². The maximum Gasteiger partial charge on any atom is 0.174 e. The highest BCUT2D eigenvalue weighted by Crippen LogP contribution is 2.39. The molecule has 0 saturated carbocycles. The number of hydrogen-bond acceptors (Lipinski definition) is 5. The Morgan fingerprint density at radius 2 is 2.16 bits per heavy atom. The molecule has 0 bridgehead atoms. The lowest BCUT2D eigenvalue weighted by atomic mass is 9.96. The van der Waals surface area contributed by atoms with Crippen LogP contribution in [0, 0.1) is 14.9 Å². The third-order valence-electron chi connectivity index (χ3n) is 4.14. The van der Waals surface area contributed by atoms with Gasteiger partial charge in [-0.15, -0.1) is 11.3 Å². The monoisotopic (exact) mass is 466 g/mol. The van der Waals surface area contributed by atoms with Gasteiger partial charge in [0.15, 0.2) is 11.5 Å². The average molecular weight is 466 g/mol. The number of hydrogen-bond donors (Lipinski definition) is 0. The molecule has 1 heterocycles. The number of benzene rings is 1. The van der Waals surface area contributed by atoms with Gasteiger partial charge < -0.3 is 9.47 Å². The molecule has 6 heteroatoms. The van der Waals surface area contributed by atoms with E-state index in [1.54, 1.807) is 24.7 Å². The minimum absolute atomic E-state index is 0.589. The average Bonchev–Trinajstić information content (AvgIpc) is 2.99. The number of ether oxygens (including phenoxy) is 2. The molecule has 0 aliphatic heterocycles. The summed E-state index contributed by atoms with van der Waals surface area (Å²) >= 11 is 3.89. The fourth-order valence-electron chi connectivity index (χ4n) is 2.99. The quantitative estimate of drug-likeness (QED) is 0.446. The molecule has 130 valence electrons. The van der Waals surface area contributed by atoms with Gasteiger partial charge in [-0.3, -0.25) is 0 Å². The SMILES string of the molecule is CCOc1c(I)cc(/C=N/c2sc3c(c2C#N)CCCC3)cc1OC. The zero-order valence-corrected chi connectivity index (χ0v) is 17.2. The minimum Gasteiger partial charge on any atom is -0.493 e. The third kappa shape index (κ3) is 3.82. The number of aryl methyl sites for hydroxylation is 1. The third-order valence-corrected chi connectivity index (χ3v) is 6.14. The van der Waals surface area contributed by atoms with Crippen molar-refractivity contribution in [2.24, 2.45) is 4.99 Å². The maximum absolute atomic E-state index is 9.53. The Hall–Kier alpha value is -1.59. The second kappa shape index (κ2) is 8.19. The van der Waals surface area contributed by atoms with Crippen LogP contribution in [0.1, 0.15) is 41.3 Å². The summed E-state index contributed by atoms with van der Waals surface area (Å²) in [6.07, 6.45) is 6.24. The van der Waals surface area contributed by atoms with Crippen LogP contribution in [0.5, 0.6) is 11.5 Å². The molecule has 0 radical (unpaired) electrons. The number of halogens is 1. The normalized spacial score (nSPS) is 13.5. The highest BCUT2D eigenvalue weighted by Gasteiger charge is 2.20. The number of nitrogens with zero attached hydrogens (tertiary/aromatic N) is 2. The highest BCUT2D eigenvalue weighted by atomic mass is 127. The summed E-state index contributed by atoms with van der Waals surface area (Å²) in [5.41, 5.74) is 2.90. The van der Waals surface area contributed by atoms with E-state index < -0.39 is 0 Å². The van der Waals surface area contributed by atoms with E-state index in [0.29, 0.717) is 12.4 Å². The van der Waals surface area contributed by atoms with Gasteiger partial charge in [0.2, 0.25) is 0 Å². The summed E-state index contributed by atoms with van der Waals surface area (Å²) in [5, 5.41) is 10.3. The van der Waals surface area contributed by atoms with E-state index in [-0.39, 0.29) is 0 Å². The molecule has 1 aromatic carbocycles. The Labute approximate surface area is 165 Å². The molecule has 4 nitrogen and oxygen atoms in total. The first-order valence-electron chi connectivity index (χ1n) is 8.27. The number of nitriles is 1. The number of fused-ring (bicyclic) bond motifs is 1. The van der Waals surface area contributed by atoms with Crippen LogP contribution in [0.25, 0.3) is 0 Å². The van der Waals surface area contributed by atoms with Gasteiger partial charge >= 0.3 is 0 Å². The van der Waals surface area contributed by atoms with Crippen LogP contribution in [0.3, 0.4) is 0 Å². The summed E-state index contributed by atoms with van der Waals surface area (Å²) in [5.74, 6) is 1.45. The van der Waals surface area contributed by atoms with Gasteiger partial charge in [-0.2, -0.15) is 5.26 Å². The summed E-state index contributed by atoms with van der Waals surface area (Å²) in [6, 6.07) is 6.27. The molecule has 1 aromatic heterocycles. The molecule has 0 unspecified atom stereocenters. The summed E-state index contributed by atoms with van der Waals surface area (Å²) < 4.78 is 12.1. The molecule has 0 spiro atoms. The first kappa shape index (κ1) is 18.2. The smallest absolute Gasteiger partial charge is 0.174 e. The largest absolute Gasteiger partial charge is 0.493 e.